The molecule has 0 saturated carbocycles. The SMILES string of the molecule is CCOc1cccc(CC2C(O)C3CCN2CC3)c1. The lowest BCUT2D eigenvalue weighted by molar-refractivity contribution is -0.0715. The molecule has 0 spiro atoms. The van der Waals surface area contributed by atoms with Crippen LogP contribution in [0.2, 0.25) is 0 Å². The van der Waals surface area contributed by atoms with Crippen molar-refractivity contribution in [2.24, 2.45) is 5.92 Å². The van der Waals surface area contributed by atoms with Gasteiger partial charge in [0.05, 0.1) is 12.7 Å². The maximum atomic E-state index is 10.4. The summed E-state index contributed by atoms with van der Waals surface area (Å²) in [6.07, 6.45) is 3.10. The molecular weight excluding hydrogens is 238 g/mol. The Balaban J connectivity index is 1.72. The molecule has 19 heavy (non-hydrogen) atoms. The summed E-state index contributed by atoms with van der Waals surface area (Å²) in [7, 11) is 0. The van der Waals surface area contributed by atoms with Gasteiger partial charge in [-0.15, -0.1) is 0 Å². The average Bonchev–Trinajstić information content (AvgIpc) is 2.44. The number of piperidine rings is 3. The van der Waals surface area contributed by atoms with Gasteiger partial charge in [-0.25, -0.2) is 0 Å². The second kappa shape index (κ2) is 5.51. The molecule has 3 nitrogen and oxygen atoms in total. The normalized spacial score (nSPS) is 33.4. The van der Waals surface area contributed by atoms with Gasteiger partial charge in [-0.05, 0) is 62.9 Å². The van der Waals surface area contributed by atoms with Gasteiger partial charge in [0, 0.05) is 6.04 Å². The van der Waals surface area contributed by atoms with Crippen molar-refractivity contribution in [1.82, 2.24) is 4.90 Å². The lowest BCUT2D eigenvalue weighted by atomic mass is 9.78. The predicted molar refractivity (Wildman–Crippen MR) is 75.4 cm³/mol. The standard InChI is InChI=1S/C16H23NO2/c1-2-19-14-5-3-4-12(10-14)11-15-16(18)13-6-8-17(15)9-7-13/h3-5,10,13,15-16,18H,2,6-9,11H2,1H3. The molecular formula is C16H23NO2. The van der Waals surface area contributed by atoms with Crippen molar-refractivity contribution < 1.29 is 9.84 Å². The van der Waals surface area contributed by atoms with Crippen molar-refractivity contribution in [3.05, 3.63) is 29.8 Å². The van der Waals surface area contributed by atoms with Crippen molar-refractivity contribution in [2.45, 2.75) is 38.3 Å². The summed E-state index contributed by atoms with van der Waals surface area (Å²) in [5.41, 5.74) is 1.27. The summed E-state index contributed by atoms with van der Waals surface area (Å²) < 4.78 is 5.55. The lowest BCUT2D eigenvalue weighted by Crippen LogP contribution is -2.58. The van der Waals surface area contributed by atoms with Crippen LogP contribution in [0.3, 0.4) is 0 Å². The Morgan fingerprint density at radius 3 is 2.79 bits per heavy atom. The van der Waals surface area contributed by atoms with Crippen LogP contribution >= 0.6 is 0 Å². The highest BCUT2D eigenvalue weighted by molar-refractivity contribution is 5.29. The number of hydrogen-bond acceptors (Lipinski definition) is 3. The van der Waals surface area contributed by atoms with E-state index in [2.05, 4.69) is 17.0 Å². The van der Waals surface area contributed by atoms with E-state index in [0.717, 1.165) is 38.1 Å². The highest BCUT2D eigenvalue weighted by Gasteiger charge is 2.40. The summed E-state index contributed by atoms with van der Waals surface area (Å²) in [6.45, 7) is 5.00. The number of benzene rings is 1. The number of aliphatic hydroxyl groups is 1. The first-order valence-corrected chi connectivity index (χ1v) is 7.42. The highest BCUT2D eigenvalue weighted by Crippen LogP contribution is 2.34. The van der Waals surface area contributed by atoms with Crippen LogP contribution in [-0.4, -0.2) is 41.8 Å². The third-order valence-corrected chi connectivity index (χ3v) is 4.57. The van der Waals surface area contributed by atoms with Crippen LogP contribution < -0.4 is 4.74 Å². The van der Waals surface area contributed by atoms with Crippen LogP contribution in [0.25, 0.3) is 0 Å². The molecule has 3 aliphatic heterocycles. The number of hydrogen-bond donors (Lipinski definition) is 1. The van der Waals surface area contributed by atoms with Crippen LogP contribution in [0.5, 0.6) is 5.75 Å². The zero-order valence-electron chi connectivity index (χ0n) is 11.6. The van der Waals surface area contributed by atoms with Crippen molar-refractivity contribution in [3.63, 3.8) is 0 Å². The monoisotopic (exact) mass is 261 g/mol. The Labute approximate surface area is 115 Å². The molecule has 0 aromatic heterocycles. The Hall–Kier alpha value is -1.06. The van der Waals surface area contributed by atoms with Crippen molar-refractivity contribution in [2.75, 3.05) is 19.7 Å². The molecule has 104 valence electrons. The van der Waals surface area contributed by atoms with E-state index in [4.69, 9.17) is 4.74 Å². The number of nitrogens with zero attached hydrogens (tertiary/aromatic N) is 1. The smallest absolute Gasteiger partial charge is 0.119 e. The average molecular weight is 261 g/mol. The summed E-state index contributed by atoms with van der Waals surface area (Å²) in [5.74, 6) is 1.45. The molecule has 2 atom stereocenters. The first-order valence-electron chi connectivity index (χ1n) is 7.42. The summed E-state index contributed by atoms with van der Waals surface area (Å²) in [6, 6.07) is 8.59. The molecule has 3 heteroatoms. The zero-order chi connectivity index (χ0) is 13.2. The fraction of sp³-hybridized carbons (Fsp3) is 0.625. The zero-order valence-corrected chi connectivity index (χ0v) is 11.6. The Bertz CT molecular complexity index is 425. The third-order valence-electron chi connectivity index (χ3n) is 4.57. The Morgan fingerprint density at radius 1 is 1.32 bits per heavy atom. The van der Waals surface area contributed by atoms with E-state index in [1.54, 1.807) is 0 Å². The Morgan fingerprint density at radius 2 is 2.11 bits per heavy atom. The fourth-order valence-electron chi connectivity index (χ4n) is 3.54. The summed E-state index contributed by atoms with van der Waals surface area (Å²) in [4.78, 5) is 2.46. The number of rotatable bonds is 4. The van der Waals surface area contributed by atoms with Crippen LogP contribution in [0, 0.1) is 5.92 Å². The molecule has 0 amide bonds. The highest BCUT2D eigenvalue weighted by atomic mass is 16.5. The molecule has 0 radical (unpaired) electrons. The molecule has 1 aromatic rings. The second-order valence-corrected chi connectivity index (χ2v) is 5.72. The summed E-state index contributed by atoms with van der Waals surface area (Å²) in [5, 5.41) is 10.4. The van der Waals surface area contributed by atoms with Gasteiger partial charge in [0.15, 0.2) is 0 Å². The van der Waals surface area contributed by atoms with Crippen LogP contribution in [-0.2, 0) is 6.42 Å². The quantitative estimate of drug-likeness (QED) is 0.901. The van der Waals surface area contributed by atoms with E-state index < -0.39 is 0 Å². The lowest BCUT2D eigenvalue weighted by Gasteiger charge is -2.49. The van der Waals surface area contributed by atoms with Crippen molar-refractivity contribution in [3.8, 4) is 5.75 Å². The van der Waals surface area contributed by atoms with E-state index in [1.165, 1.54) is 5.56 Å². The van der Waals surface area contributed by atoms with Gasteiger partial charge >= 0.3 is 0 Å². The molecule has 4 rings (SSSR count). The Kier molecular flexibility index (Phi) is 3.76. The first kappa shape index (κ1) is 12.9. The van der Waals surface area contributed by atoms with Crippen LogP contribution in [0.15, 0.2) is 24.3 Å². The maximum Gasteiger partial charge on any atom is 0.119 e. The van der Waals surface area contributed by atoms with Gasteiger partial charge in [-0.1, -0.05) is 12.1 Å². The molecule has 0 aliphatic carbocycles. The van der Waals surface area contributed by atoms with Crippen molar-refractivity contribution in [1.29, 1.82) is 0 Å². The predicted octanol–water partition coefficient (Wildman–Crippen LogP) is 2.08. The topological polar surface area (TPSA) is 32.7 Å². The first-order chi connectivity index (χ1) is 9.28. The maximum absolute atomic E-state index is 10.4. The molecule has 1 N–H and O–H groups in total. The van der Waals surface area contributed by atoms with Gasteiger partial charge in [0.2, 0.25) is 0 Å². The molecule has 1 aromatic carbocycles. The molecule has 3 saturated heterocycles. The van der Waals surface area contributed by atoms with Crippen LogP contribution in [0.1, 0.15) is 25.3 Å². The van der Waals surface area contributed by atoms with E-state index in [1.807, 2.05) is 19.1 Å². The minimum absolute atomic E-state index is 0.154. The van der Waals surface area contributed by atoms with Crippen LogP contribution in [0.4, 0.5) is 0 Å². The molecule has 2 unspecified atom stereocenters. The molecule has 2 bridgehead atoms. The van der Waals surface area contributed by atoms with Gasteiger partial charge < -0.3 is 9.84 Å². The van der Waals surface area contributed by atoms with E-state index in [9.17, 15) is 5.11 Å². The summed E-state index contributed by atoms with van der Waals surface area (Å²) >= 11 is 0. The minimum atomic E-state index is -0.154. The van der Waals surface area contributed by atoms with E-state index in [0.29, 0.717) is 18.6 Å². The molecule has 3 fully saturated rings. The third kappa shape index (κ3) is 2.63. The number of fused-ring (bicyclic) bond motifs is 3. The van der Waals surface area contributed by atoms with Gasteiger partial charge in [-0.3, -0.25) is 4.90 Å². The largest absolute Gasteiger partial charge is 0.494 e. The van der Waals surface area contributed by atoms with Gasteiger partial charge in [0.1, 0.15) is 5.75 Å². The number of aliphatic hydroxyl groups excluding tert-OH is 1. The minimum Gasteiger partial charge on any atom is -0.494 e. The second-order valence-electron chi connectivity index (χ2n) is 5.72. The van der Waals surface area contributed by atoms with E-state index in [-0.39, 0.29) is 6.10 Å². The van der Waals surface area contributed by atoms with Gasteiger partial charge in [0.25, 0.3) is 0 Å². The van der Waals surface area contributed by atoms with E-state index >= 15 is 0 Å². The molecule has 3 aliphatic rings. The fourth-order valence-corrected chi connectivity index (χ4v) is 3.54. The van der Waals surface area contributed by atoms with Crippen molar-refractivity contribution >= 4 is 0 Å². The number of ether oxygens (including phenoxy) is 1. The van der Waals surface area contributed by atoms with Gasteiger partial charge in [-0.2, -0.15) is 0 Å². The molecule has 3 heterocycles.